The molecule has 0 saturated carbocycles. The molecule has 0 aliphatic heterocycles. The van der Waals surface area contributed by atoms with Gasteiger partial charge in [0.15, 0.2) is 0 Å². The summed E-state index contributed by atoms with van der Waals surface area (Å²) in [7, 11) is 4.18. The van der Waals surface area contributed by atoms with Gasteiger partial charge < -0.3 is 10.2 Å². The minimum Gasteiger partial charge on any atom is -0.311 e. The van der Waals surface area contributed by atoms with Crippen LogP contribution in [0.15, 0.2) is 6.20 Å². The van der Waals surface area contributed by atoms with Crippen molar-refractivity contribution in [2.45, 2.75) is 46.2 Å². The predicted molar refractivity (Wildman–Crippen MR) is 76.7 cm³/mol. The molecule has 0 fully saturated rings. The van der Waals surface area contributed by atoms with Crippen LogP contribution < -0.4 is 5.32 Å². The summed E-state index contributed by atoms with van der Waals surface area (Å²) < 4.78 is 1.90. The molecule has 0 saturated heterocycles. The van der Waals surface area contributed by atoms with E-state index >= 15 is 0 Å². The van der Waals surface area contributed by atoms with Gasteiger partial charge in [0.1, 0.15) is 0 Å². The Morgan fingerprint density at radius 3 is 2.78 bits per heavy atom. The van der Waals surface area contributed by atoms with Crippen molar-refractivity contribution in [3.8, 4) is 0 Å². The van der Waals surface area contributed by atoms with Gasteiger partial charge >= 0.3 is 0 Å². The largest absolute Gasteiger partial charge is 0.311 e. The maximum absolute atomic E-state index is 4.45. The summed E-state index contributed by atoms with van der Waals surface area (Å²) in [5.41, 5.74) is 2.53. The van der Waals surface area contributed by atoms with Crippen LogP contribution in [0.4, 0.5) is 0 Å². The molecule has 1 N–H and O–H groups in total. The van der Waals surface area contributed by atoms with Crippen molar-refractivity contribution in [3.63, 3.8) is 0 Å². The van der Waals surface area contributed by atoms with E-state index in [1.54, 1.807) is 0 Å². The first kappa shape index (κ1) is 15.2. The van der Waals surface area contributed by atoms with Crippen LogP contribution in [0.3, 0.4) is 0 Å². The van der Waals surface area contributed by atoms with Gasteiger partial charge in [0.25, 0.3) is 0 Å². The van der Waals surface area contributed by atoms with E-state index in [-0.39, 0.29) is 0 Å². The molecule has 4 heteroatoms. The van der Waals surface area contributed by atoms with Crippen LogP contribution in [-0.2, 0) is 20.0 Å². The van der Waals surface area contributed by atoms with Crippen LogP contribution in [0.2, 0.25) is 0 Å². The first-order valence-corrected chi connectivity index (χ1v) is 7.00. The van der Waals surface area contributed by atoms with Gasteiger partial charge in [-0.1, -0.05) is 13.8 Å². The SMILES string of the molecule is CCc1nn(C)cc1CNCCN(C)C(C)CC. The third kappa shape index (κ3) is 4.42. The second-order valence-corrected chi connectivity index (χ2v) is 5.04. The molecule has 0 aromatic carbocycles. The van der Waals surface area contributed by atoms with Crippen molar-refractivity contribution in [2.24, 2.45) is 7.05 Å². The minimum atomic E-state index is 0.663. The van der Waals surface area contributed by atoms with Gasteiger partial charge in [0.2, 0.25) is 0 Å². The van der Waals surface area contributed by atoms with Crippen LogP contribution in [0, 0.1) is 0 Å². The van der Waals surface area contributed by atoms with Gasteiger partial charge in [-0.05, 0) is 26.8 Å². The highest BCUT2D eigenvalue weighted by atomic mass is 15.3. The lowest BCUT2D eigenvalue weighted by Gasteiger charge is -2.23. The zero-order valence-electron chi connectivity index (χ0n) is 12.5. The number of aryl methyl sites for hydroxylation is 2. The number of aromatic nitrogens is 2. The number of hydrogen-bond donors (Lipinski definition) is 1. The van der Waals surface area contributed by atoms with E-state index in [9.17, 15) is 0 Å². The fourth-order valence-corrected chi connectivity index (χ4v) is 2.04. The van der Waals surface area contributed by atoms with E-state index in [1.165, 1.54) is 17.7 Å². The first-order valence-electron chi connectivity index (χ1n) is 7.00. The van der Waals surface area contributed by atoms with Crippen molar-refractivity contribution in [2.75, 3.05) is 20.1 Å². The highest BCUT2D eigenvalue weighted by Crippen LogP contribution is 2.06. The fourth-order valence-electron chi connectivity index (χ4n) is 2.04. The molecule has 0 radical (unpaired) electrons. The Kier molecular flexibility index (Phi) is 6.36. The highest BCUT2D eigenvalue weighted by Gasteiger charge is 2.07. The summed E-state index contributed by atoms with van der Waals surface area (Å²) in [6.07, 6.45) is 4.33. The summed E-state index contributed by atoms with van der Waals surface area (Å²) in [6, 6.07) is 0.663. The van der Waals surface area contributed by atoms with Crippen molar-refractivity contribution < 1.29 is 0 Å². The molecule has 1 heterocycles. The van der Waals surface area contributed by atoms with E-state index in [0.717, 1.165) is 26.1 Å². The van der Waals surface area contributed by atoms with Crippen molar-refractivity contribution in [3.05, 3.63) is 17.5 Å². The zero-order chi connectivity index (χ0) is 13.5. The Bertz CT molecular complexity index is 346. The maximum Gasteiger partial charge on any atom is 0.0666 e. The van der Waals surface area contributed by atoms with Gasteiger partial charge in [0, 0.05) is 44.5 Å². The van der Waals surface area contributed by atoms with E-state index < -0.39 is 0 Å². The monoisotopic (exact) mass is 252 g/mol. The number of likely N-dealkylation sites (N-methyl/N-ethyl adjacent to an activating group) is 1. The summed E-state index contributed by atoms with van der Waals surface area (Å²) in [5, 5.41) is 7.96. The summed E-state index contributed by atoms with van der Waals surface area (Å²) in [6.45, 7) is 9.71. The molecule has 0 aliphatic rings. The fraction of sp³-hybridized carbons (Fsp3) is 0.786. The molecular formula is C14H28N4. The molecule has 0 aliphatic carbocycles. The third-order valence-electron chi connectivity index (χ3n) is 3.63. The predicted octanol–water partition coefficient (Wildman–Crippen LogP) is 1.80. The topological polar surface area (TPSA) is 33.1 Å². The van der Waals surface area contributed by atoms with Crippen LogP contribution in [0.1, 0.15) is 38.4 Å². The number of nitrogens with zero attached hydrogens (tertiary/aromatic N) is 3. The van der Waals surface area contributed by atoms with Gasteiger partial charge in [-0.25, -0.2) is 0 Å². The second-order valence-electron chi connectivity index (χ2n) is 5.04. The molecule has 0 bridgehead atoms. The average molecular weight is 252 g/mol. The summed E-state index contributed by atoms with van der Waals surface area (Å²) in [5.74, 6) is 0. The Morgan fingerprint density at radius 2 is 2.17 bits per heavy atom. The van der Waals surface area contributed by atoms with Crippen LogP contribution in [0.25, 0.3) is 0 Å². The first-order chi connectivity index (χ1) is 8.58. The second kappa shape index (κ2) is 7.54. The van der Waals surface area contributed by atoms with Gasteiger partial charge in [0.05, 0.1) is 5.69 Å². The molecule has 1 unspecified atom stereocenters. The van der Waals surface area contributed by atoms with Crippen molar-refractivity contribution in [1.82, 2.24) is 20.0 Å². The van der Waals surface area contributed by atoms with E-state index in [1.807, 2.05) is 11.7 Å². The van der Waals surface area contributed by atoms with Gasteiger partial charge in [-0.2, -0.15) is 5.10 Å². The molecule has 4 nitrogen and oxygen atoms in total. The lowest BCUT2D eigenvalue weighted by molar-refractivity contribution is 0.251. The normalized spacial score (nSPS) is 13.2. The number of hydrogen-bond acceptors (Lipinski definition) is 3. The molecule has 1 aromatic heterocycles. The molecule has 18 heavy (non-hydrogen) atoms. The number of rotatable bonds is 8. The van der Waals surface area contributed by atoms with E-state index in [4.69, 9.17) is 0 Å². The summed E-state index contributed by atoms with van der Waals surface area (Å²) >= 11 is 0. The molecule has 0 amide bonds. The molecule has 1 atom stereocenters. The van der Waals surface area contributed by atoms with Crippen LogP contribution in [-0.4, -0.2) is 40.9 Å². The van der Waals surface area contributed by atoms with Crippen molar-refractivity contribution >= 4 is 0 Å². The Labute approximate surface area is 111 Å². The lowest BCUT2D eigenvalue weighted by atomic mass is 10.2. The van der Waals surface area contributed by atoms with Gasteiger partial charge in [-0.15, -0.1) is 0 Å². The number of nitrogens with one attached hydrogen (secondary N) is 1. The third-order valence-corrected chi connectivity index (χ3v) is 3.63. The van der Waals surface area contributed by atoms with Crippen LogP contribution in [0.5, 0.6) is 0 Å². The zero-order valence-corrected chi connectivity index (χ0v) is 12.5. The molecular weight excluding hydrogens is 224 g/mol. The smallest absolute Gasteiger partial charge is 0.0666 e. The Balaban J connectivity index is 2.29. The quantitative estimate of drug-likeness (QED) is 0.716. The Morgan fingerprint density at radius 1 is 1.44 bits per heavy atom. The maximum atomic E-state index is 4.45. The lowest BCUT2D eigenvalue weighted by Crippen LogP contribution is -2.34. The minimum absolute atomic E-state index is 0.663. The molecule has 0 spiro atoms. The Hall–Kier alpha value is -0.870. The van der Waals surface area contributed by atoms with E-state index in [0.29, 0.717) is 6.04 Å². The molecule has 1 rings (SSSR count). The highest BCUT2D eigenvalue weighted by molar-refractivity contribution is 5.16. The van der Waals surface area contributed by atoms with Crippen LogP contribution >= 0.6 is 0 Å². The van der Waals surface area contributed by atoms with E-state index in [2.05, 4.69) is 49.3 Å². The standard InChI is InChI=1S/C14H28N4/c1-6-12(3)17(4)9-8-15-10-13-11-18(5)16-14(13)7-2/h11-12,15H,6-10H2,1-5H3. The molecule has 104 valence electrons. The summed E-state index contributed by atoms with van der Waals surface area (Å²) in [4.78, 5) is 2.40. The van der Waals surface area contributed by atoms with Gasteiger partial charge in [-0.3, -0.25) is 4.68 Å². The average Bonchev–Trinajstić information content (AvgIpc) is 2.73. The molecule has 1 aromatic rings. The van der Waals surface area contributed by atoms with Crippen molar-refractivity contribution in [1.29, 1.82) is 0 Å².